The van der Waals surface area contributed by atoms with Crippen molar-refractivity contribution < 1.29 is 14.2 Å². The maximum Gasteiger partial charge on any atom is 0.261 e. The third kappa shape index (κ3) is 3.15. The quantitative estimate of drug-likeness (QED) is 0.649. The van der Waals surface area contributed by atoms with Crippen LogP contribution in [0.25, 0.3) is 10.9 Å². The Morgan fingerprint density at radius 1 is 1.04 bits per heavy atom. The van der Waals surface area contributed by atoms with Crippen molar-refractivity contribution in [2.24, 2.45) is 0 Å². The summed E-state index contributed by atoms with van der Waals surface area (Å²) in [7, 11) is 4.54. The second-order valence-electron chi connectivity index (χ2n) is 5.44. The van der Waals surface area contributed by atoms with E-state index in [4.69, 9.17) is 14.2 Å². The first-order chi connectivity index (χ1) is 12.2. The van der Waals surface area contributed by atoms with Crippen molar-refractivity contribution in [2.45, 2.75) is 19.5 Å². The van der Waals surface area contributed by atoms with E-state index in [1.807, 2.05) is 10.8 Å². The Balaban J connectivity index is 1.97. The van der Waals surface area contributed by atoms with Gasteiger partial charge in [-0.2, -0.15) is 0 Å². The lowest BCUT2D eigenvalue weighted by Gasteiger charge is -2.15. The molecule has 0 saturated carbocycles. The third-order valence-corrected chi connectivity index (χ3v) is 4.00. The Morgan fingerprint density at radius 2 is 1.84 bits per heavy atom. The van der Waals surface area contributed by atoms with Crippen LogP contribution in [0.1, 0.15) is 6.42 Å². The fourth-order valence-corrected chi connectivity index (χ4v) is 2.77. The van der Waals surface area contributed by atoms with Crippen LogP contribution in [-0.2, 0) is 13.1 Å². The molecule has 8 nitrogen and oxygen atoms in total. The zero-order chi connectivity index (χ0) is 17.8. The number of aryl methyl sites for hydroxylation is 2. The van der Waals surface area contributed by atoms with Crippen molar-refractivity contribution in [2.75, 3.05) is 21.3 Å². The van der Waals surface area contributed by atoms with Gasteiger partial charge in [0.2, 0.25) is 5.75 Å². The van der Waals surface area contributed by atoms with Crippen LogP contribution in [0.4, 0.5) is 0 Å². The molecule has 132 valence electrons. The molecule has 3 aromatic rings. The number of ether oxygens (including phenoxy) is 3. The van der Waals surface area contributed by atoms with Gasteiger partial charge < -0.3 is 18.8 Å². The van der Waals surface area contributed by atoms with E-state index < -0.39 is 0 Å². The molecule has 0 N–H and O–H groups in total. The van der Waals surface area contributed by atoms with Crippen LogP contribution in [-0.4, -0.2) is 40.4 Å². The van der Waals surface area contributed by atoms with Crippen molar-refractivity contribution in [3.8, 4) is 17.2 Å². The van der Waals surface area contributed by atoms with Gasteiger partial charge in [-0.15, -0.1) is 0 Å². The van der Waals surface area contributed by atoms with E-state index in [2.05, 4.69) is 9.97 Å². The predicted octanol–water partition coefficient (Wildman–Crippen LogP) is 1.71. The molecular weight excluding hydrogens is 324 g/mol. The molecule has 0 aliphatic heterocycles. The van der Waals surface area contributed by atoms with Crippen molar-refractivity contribution >= 4 is 10.9 Å². The van der Waals surface area contributed by atoms with Crippen LogP contribution in [0.3, 0.4) is 0 Å². The van der Waals surface area contributed by atoms with Gasteiger partial charge in [-0.25, -0.2) is 9.97 Å². The monoisotopic (exact) mass is 344 g/mol. The minimum absolute atomic E-state index is 0.144. The maximum absolute atomic E-state index is 12.8. The van der Waals surface area contributed by atoms with E-state index >= 15 is 0 Å². The van der Waals surface area contributed by atoms with Gasteiger partial charge in [0, 0.05) is 25.5 Å². The number of hydrogen-bond acceptors (Lipinski definition) is 6. The maximum atomic E-state index is 12.8. The van der Waals surface area contributed by atoms with Crippen LogP contribution < -0.4 is 19.8 Å². The van der Waals surface area contributed by atoms with Gasteiger partial charge in [-0.3, -0.25) is 9.36 Å². The smallest absolute Gasteiger partial charge is 0.261 e. The van der Waals surface area contributed by atoms with E-state index in [9.17, 15) is 4.79 Å². The molecule has 8 heteroatoms. The summed E-state index contributed by atoms with van der Waals surface area (Å²) < 4.78 is 19.6. The Morgan fingerprint density at radius 3 is 2.48 bits per heavy atom. The van der Waals surface area contributed by atoms with Crippen molar-refractivity contribution in [3.05, 3.63) is 41.5 Å². The molecule has 0 aliphatic rings. The number of fused-ring (bicyclic) bond motifs is 1. The topological polar surface area (TPSA) is 80.4 Å². The predicted molar refractivity (Wildman–Crippen MR) is 92.5 cm³/mol. The van der Waals surface area contributed by atoms with Crippen LogP contribution in [0, 0.1) is 0 Å². The largest absolute Gasteiger partial charge is 0.493 e. The number of imidazole rings is 1. The van der Waals surface area contributed by atoms with Gasteiger partial charge in [-0.05, 0) is 12.5 Å². The zero-order valence-electron chi connectivity index (χ0n) is 14.4. The molecule has 0 spiro atoms. The average Bonchev–Trinajstić information content (AvgIpc) is 3.15. The molecule has 0 saturated heterocycles. The molecule has 25 heavy (non-hydrogen) atoms. The fraction of sp³-hybridized carbons (Fsp3) is 0.353. The van der Waals surface area contributed by atoms with Crippen LogP contribution in [0.15, 0.2) is 35.9 Å². The lowest BCUT2D eigenvalue weighted by Crippen LogP contribution is -2.21. The first-order valence-electron chi connectivity index (χ1n) is 7.83. The number of nitrogens with zero attached hydrogens (tertiary/aromatic N) is 4. The van der Waals surface area contributed by atoms with Gasteiger partial charge in [0.25, 0.3) is 5.56 Å². The number of benzene rings is 1. The minimum atomic E-state index is -0.144. The molecular formula is C17H20N4O4. The number of aromatic nitrogens is 4. The van der Waals surface area contributed by atoms with Crippen LogP contribution in [0.2, 0.25) is 0 Å². The zero-order valence-corrected chi connectivity index (χ0v) is 14.4. The standard InChI is InChI=1S/C17H20N4O4/c1-23-13-9-12-14(16(25-3)15(13)24-2)19-11-21(17(12)22)7-4-6-20-8-5-18-10-20/h5,8-11H,4,6-7H2,1-3H3. The molecule has 2 aromatic heterocycles. The van der Waals surface area contributed by atoms with Crippen LogP contribution >= 0.6 is 0 Å². The number of methoxy groups -OCH3 is 3. The van der Waals surface area contributed by atoms with E-state index in [0.717, 1.165) is 13.0 Å². The molecule has 2 heterocycles. The molecule has 0 fully saturated rings. The van der Waals surface area contributed by atoms with Gasteiger partial charge in [-0.1, -0.05) is 0 Å². The Labute approximate surface area is 144 Å². The Bertz CT molecular complexity index is 919. The van der Waals surface area contributed by atoms with Crippen molar-refractivity contribution in [3.63, 3.8) is 0 Å². The molecule has 0 radical (unpaired) electrons. The number of rotatable bonds is 7. The molecule has 1 aromatic carbocycles. The van der Waals surface area contributed by atoms with E-state index in [1.165, 1.54) is 27.7 Å². The van der Waals surface area contributed by atoms with Gasteiger partial charge in [0.1, 0.15) is 5.52 Å². The van der Waals surface area contributed by atoms with Gasteiger partial charge in [0.15, 0.2) is 11.5 Å². The van der Waals surface area contributed by atoms with Gasteiger partial charge in [0.05, 0.1) is 39.4 Å². The summed E-state index contributed by atoms with van der Waals surface area (Å²) in [4.78, 5) is 21.2. The SMILES string of the molecule is COc1cc2c(=O)n(CCCn3ccnc3)cnc2c(OC)c1OC. The summed E-state index contributed by atoms with van der Waals surface area (Å²) in [6, 6.07) is 1.64. The summed E-state index contributed by atoms with van der Waals surface area (Å²) in [6.07, 6.45) is 7.70. The van der Waals surface area contributed by atoms with E-state index in [-0.39, 0.29) is 5.56 Å². The van der Waals surface area contributed by atoms with Crippen molar-refractivity contribution in [1.29, 1.82) is 0 Å². The highest BCUT2D eigenvalue weighted by Gasteiger charge is 2.19. The first-order valence-corrected chi connectivity index (χ1v) is 7.83. The van der Waals surface area contributed by atoms with E-state index in [0.29, 0.717) is 34.7 Å². The highest BCUT2D eigenvalue weighted by molar-refractivity contribution is 5.89. The number of hydrogen-bond donors (Lipinski definition) is 0. The molecule has 0 bridgehead atoms. The Hall–Kier alpha value is -3.03. The summed E-state index contributed by atoms with van der Waals surface area (Å²) >= 11 is 0. The Kier molecular flexibility index (Phi) is 4.87. The lowest BCUT2D eigenvalue weighted by atomic mass is 10.2. The first kappa shape index (κ1) is 16.8. The minimum Gasteiger partial charge on any atom is -0.493 e. The average molecular weight is 344 g/mol. The molecule has 0 atom stereocenters. The molecule has 0 unspecified atom stereocenters. The highest BCUT2D eigenvalue weighted by Crippen LogP contribution is 2.41. The highest BCUT2D eigenvalue weighted by atomic mass is 16.5. The molecule has 0 aliphatic carbocycles. The molecule has 3 rings (SSSR count). The summed E-state index contributed by atoms with van der Waals surface area (Å²) in [5.41, 5.74) is 0.311. The summed E-state index contributed by atoms with van der Waals surface area (Å²) in [6.45, 7) is 1.33. The summed E-state index contributed by atoms with van der Waals surface area (Å²) in [5.74, 6) is 1.24. The van der Waals surface area contributed by atoms with Gasteiger partial charge >= 0.3 is 0 Å². The van der Waals surface area contributed by atoms with E-state index in [1.54, 1.807) is 23.2 Å². The second-order valence-corrected chi connectivity index (χ2v) is 5.44. The van der Waals surface area contributed by atoms with Crippen LogP contribution in [0.5, 0.6) is 17.2 Å². The second kappa shape index (κ2) is 7.25. The third-order valence-electron chi connectivity index (χ3n) is 4.00. The lowest BCUT2D eigenvalue weighted by molar-refractivity contribution is 0.326. The molecule has 0 amide bonds. The summed E-state index contributed by atoms with van der Waals surface area (Å²) in [5, 5.41) is 0.430. The normalized spacial score (nSPS) is 10.8. The van der Waals surface area contributed by atoms with Crippen molar-refractivity contribution in [1.82, 2.24) is 19.1 Å². The fourth-order valence-electron chi connectivity index (χ4n) is 2.77.